The molecule has 1 saturated heterocycles. The second-order valence-corrected chi connectivity index (χ2v) is 7.94. The minimum atomic E-state index is -0.487. The molecule has 1 fully saturated rings. The maximum Gasteiger partial charge on any atom is 0.327 e. The highest BCUT2D eigenvalue weighted by Gasteiger charge is 2.32. The SMILES string of the molecule is COC(=O)[C@@H](c1ccc(Cl)cc1)N1CCN(C(=O)c2ccc(C)s2)CC1. The minimum Gasteiger partial charge on any atom is -0.468 e. The van der Waals surface area contributed by atoms with Gasteiger partial charge in [0.25, 0.3) is 5.91 Å². The van der Waals surface area contributed by atoms with Gasteiger partial charge >= 0.3 is 5.97 Å². The molecule has 1 aliphatic rings. The van der Waals surface area contributed by atoms with Crippen molar-refractivity contribution in [2.45, 2.75) is 13.0 Å². The van der Waals surface area contributed by atoms with Crippen molar-refractivity contribution in [3.63, 3.8) is 0 Å². The Morgan fingerprint density at radius 2 is 1.73 bits per heavy atom. The average molecular weight is 393 g/mol. The molecular formula is C19H21ClN2O3S. The van der Waals surface area contributed by atoms with Gasteiger partial charge in [0, 0.05) is 36.1 Å². The van der Waals surface area contributed by atoms with Crippen LogP contribution in [0.5, 0.6) is 0 Å². The Morgan fingerprint density at radius 3 is 2.27 bits per heavy atom. The lowest BCUT2D eigenvalue weighted by atomic mass is 10.0. The molecule has 3 rings (SSSR count). The maximum absolute atomic E-state index is 12.6. The number of amides is 1. The number of halogens is 1. The molecule has 7 heteroatoms. The normalized spacial score (nSPS) is 16.3. The van der Waals surface area contributed by atoms with E-state index in [4.69, 9.17) is 16.3 Å². The third-order valence-corrected chi connectivity index (χ3v) is 5.77. The van der Waals surface area contributed by atoms with Crippen molar-refractivity contribution in [2.75, 3.05) is 33.3 Å². The number of ether oxygens (including phenoxy) is 1. The fourth-order valence-electron chi connectivity index (χ4n) is 3.14. The van der Waals surface area contributed by atoms with E-state index in [0.29, 0.717) is 31.2 Å². The van der Waals surface area contributed by atoms with E-state index >= 15 is 0 Å². The standard InChI is InChI=1S/C19H21ClN2O3S/c1-13-3-8-16(26-13)18(23)22-11-9-21(10-12-22)17(19(24)25-2)14-4-6-15(20)7-5-14/h3-8,17H,9-12H2,1-2H3/t17-/m1/s1. The van der Waals surface area contributed by atoms with Crippen LogP contribution in [0.15, 0.2) is 36.4 Å². The van der Waals surface area contributed by atoms with E-state index in [0.717, 1.165) is 15.3 Å². The molecule has 1 atom stereocenters. The number of methoxy groups -OCH3 is 1. The number of carbonyl (C=O) groups is 2. The second-order valence-electron chi connectivity index (χ2n) is 6.22. The summed E-state index contributed by atoms with van der Waals surface area (Å²) in [6.07, 6.45) is 0. The Bertz CT molecular complexity index is 782. The fourth-order valence-corrected chi connectivity index (χ4v) is 4.10. The van der Waals surface area contributed by atoms with E-state index in [2.05, 4.69) is 4.90 Å². The number of thiophene rings is 1. The summed E-state index contributed by atoms with van der Waals surface area (Å²) in [5.74, 6) is -0.246. The molecular weight excluding hydrogens is 372 g/mol. The highest BCUT2D eigenvalue weighted by atomic mass is 35.5. The van der Waals surface area contributed by atoms with Crippen LogP contribution in [-0.4, -0.2) is 55.0 Å². The number of esters is 1. The first-order valence-electron chi connectivity index (χ1n) is 8.42. The van der Waals surface area contributed by atoms with Crippen molar-refractivity contribution in [1.29, 1.82) is 0 Å². The monoisotopic (exact) mass is 392 g/mol. The van der Waals surface area contributed by atoms with Gasteiger partial charge in [-0.1, -0.05) is 23.7 Å². The van der Waals surface area contributed by atoms with Gasteiger partial charge in [0.05, 0.1) is 12.0 Å². The van der Waals surface area contributed by atoms with E-state index in [1.807, 2.05) is 36.1 Å². The zero-order valence-electron chi connectivity index (χ0n) is 14.8. The zero-order valence-corrected chi connectivity index (χ0v) is 16.3. The maximum atomic E-state index is 12.6. The number of piperazine rings is 1. The fraction of sp³-hybridized carbons (Fsp3) is 0.368. The third kappa shape index (κ3) is 4.09. The smallest absolute Gasteiger partial charge is 0.327 e. The van der Waals surface area contributed by atoms with E-state index in [9.17, 15) is 9.59 Å². The predicted molar refractivity (Wildman–Crippen MR) is 103 cm³/mol. The van der Waals surface area contributed by atoms with Gasteiger partial charge in [0.15, 0.2) is 0 Å². The van der Waals surface area contributed by atoms with Crippen molar-refractivity contribution in [2.24, 2.45) is 0 Å². The quantitative estimate of drug-likeness (QED) is 0.748. The molecule has 2 aromatic rings. The second kappa shape index (κ2) is 8.20. The van der Waals surface area contributed by atoms with E-state index < -0.39 is 6.04 Å². The third-order valence-electron chi connectivity index (χ3n) is 4.53. The largest absolute Gasteiger partial charge is 0.468 e. The Kier molecular flexibility index (Phi) is 5.96. The van der Waals surface area contributed by atoms with Crippen molar-refractivity contribution in [1.82, 2.24) is 9.80 Å². The molecule has 0 unspecified atom stereocenters. The lowest BCUT2D eigenvalue weighted by molar-refractivity contribution is -0.148. The number of aryl methyl sites for hydroxylation is 1. The summed E-state index contributed by atoms with van der Waals surface area (Å²) < 4.78 is 5.00. The number of carbonyl (C=O) groups excluding carboxylic acids is 2. The van der Waals surface area contributed by atoms with Gasteiger partial charge in [-0.25, -0.2) is 4.79 Å². The highest BCUT2D eigenvalue weighted by Crippen LogP contribution is 2.26. The van der Waals surface area contributed by atoms with Gasteiger partial charge in [0.2, 0.25) is 0 Å². The van der Waals surface area contributed by atoms with Crippen molar-refractivity contribution in [3.05, 3.63) is 56.7 Å². The van der Waals surface area contributed by atoms with Gasteiger partial charge in [-0.3, -0.25) is 9.69 Å². The Morgan fingerprint density at radius 1 is 1.08 bits per heavy atom. The summed E-state index contributed by atoms with van der Waals surface area (Å²) in [6, 6.07) is 10.6. The van der Waals surface area contributed by atoms with Crippen LogP contribution < -0.4 is 0 Å². The zero-order chi connectivity index (χ0) is 18.7. The van der Waals surface area contributed by atoms with Crippen LogP contribution in [0.25, 0.3) is 0 Å². The Balaban J connectivity index is 1.70. The van der Waals surface area contributed by atoms with Gasteiger partial charge < -0.3 is 9.64 Å². The molecule has 1 aliphatic heterocycles. The molecule has 0 radical (unpaired) electrons. The molecule has 0 aliphatic carbocycles. The topological polar surface area (TPSA) is 49.9 Å². The Labute approximate surface area is 162 Å². The number of hydrogen-bond donors (Lipinski definition) is 0. The minimum absolute atomic E-state index is 0.0591. The van der Waals surface area contributed by atoms with Gasteiger partial charge in [-0.15, -0.1) is 11.3 Å². The molecule has 0 spiro atoms. The number of hydrogen-bond acceptors (Lipinski definition) is 5. The van der Waals surface area contributed by atoms with Crippen LogP contribution in [0.3, 0.4) is 0 Å². The summed E-state index contributed by atoms with van der Waals surface area (Å²) >= 11 is 7.47. The van der Waals surface area contributed by atoms with E-state index in [1.54, 1.807) is 12.1 Å². The molecule has 0 N–H and O–H groups in total. The van der Waals surface area contributed by atoms with Crippen molar-refractivity contribution >= 4 is 34.8 Å². The predicted octanol–water partition coefficient (Wildman–Crippen LogP) is 3.38. The summed E-state index contributed by atoms with van der Waals surface area (Å²) in [5, 5.41) is 0.624. The van der Waals surface area contributed by atoms with Gasteiger partial charge in [-0.05, 0) is 36.8 Å². The lowest BCUT2D eigenvalue weighted by Crippen LogP contribution is -2.51. The lowest BCUT2D eigenvalue weighted by Gasteiger charge is -2.38. The van der Waals surface area contributed by atoms with Gasteiger partial charge in [-0.2, -0.15) is 0 Å². The Hall–Kier alpha value is -1.89. The van der Waals surface area contributed by atoms with Crippen LogP contribution in [-0.2, 0) is 9.53 Å². The molecule has 1 aromatic carbocycles. The highest BCUT2D eigenvalue weighted by molar-refractivity contribution is 7.13. The summed E-state index contributed by atoms with van der Waals surface area (Å²) in [4.78, 5) is 30.7. The number of benzene rings is 1. The van der Waals surface area contributed by atoms with E-state index in [-0.39, 0.29) is 11.9 Å². The molecule has 26 heavy (non-hydrogen) atoms. The van der Waals surface area contributed by atoms with Crippen molar-refractivity contribution in [3.8, 4) is 0 Å². The molecule has 2 heterocycles. The molecule has 0 bridgehead atoms. The molecule has 138 valence electrons. The molecule has 1 aromatic heterocycles. The first kappa shape index (κ1) is 18.9. The number of nitrogens with zero attached hydrogens (tertiary/aromatic N) is 2. The average Bonchev–Trinajstić information content (AvgIpc) is 3.09. The van der Waals surface area contributed by atoms with Crippen LogP contribution in [0, 0.1) is 6.92 Å². The summed E-state index contributed by atoms with van der Waals surface area (Å²) in [6.45, 7) is 4.37. The van der Waals surface area contributed by atoms with E-state index in [1.165, 1.54) is 18.4 Å². The van der Waals surface area contributed by atoms with Crippen LogP contribution in [0.2, 0.25) is 5.02 Å². The van der Waals surface area contributed by atoms with Crippen LogP contribution in [0.4, 0.5) is 0 Å². The van der Waals surface area contributed by atoms with Crippen LogP contribution in [0.1, 0.15) is 26.2 Å². The van der Waals surface area contributed by atoms with Gasteiger partial charge in [0.1, 0.15) is 6.04 Å². The number of rotatable bonds is 4. The van der Waals surface area contributed by atoms with Crippen molar-refractivity contribution < 1.29 is 14.3 Å². The summed E-state index contributed by atoms with van der Waals surface area (Å²) in [5.41, 5.74) is 0.843. The first-order valence-corrected chi connectivity index (χ1v) is 9.62. The molecule has 0 saturated carbocycles. The molecule has 5 nitrogen and oxygen atoms in total. The first-order chi connectivity index (χ1) is 12.5. The van der Waals surface area contributed by atoms with Crippen LogP contribution >= 0.6 is 22.9 Å². The summed E-state index contributed by atoms with van der Waals surface area (Å²) in [7, 11) is 1.39. The molecule has 1 amide bonds.